The minimum absolute atomic E-state index is 0.541. The van der Waals surface area contributed by atoms with Crippen LogP contribution in [-0.4, -0.2) is 19.8 Å². The van der Waals surface area contributed by atoms with E-state index in [9.17, 15) is 0 Å². The lowest BCUT2D eigenvalue weighted by Crippen LogP contribution is -1.95. The maximum Gasteiger partial charge on any atom is 0.247 e. The number of benzene rings is 1. The summed E-state index contributed by atoms with van der Waals surface area (Å²) < 4.78 is 6.90. The number of nitrogens with zero attached hydrogens (tertiary/aromatic N) is 4. The van der Waals surface area contributed by atoms with Crippen molar-refractivity contribution in [3.63, 3.8) is 0 Å². The van der Waals surface area contributed by atoms with Crippen LogP contribution in [0.25, 0.3) is 17.0 Å². The van der Waals surface area contributed by atoms with Crippen molar-refractivity contribution in [2.75, 3.05) is 5.32 Å². The average Bonchev–Trinajstić information content (AvgIpc) is 3.13. The number of aryl methyl sites for hydroxylation is 1. The van der Waals surface area contributed by atoms with Crippen LogP contribution in [0.5, 0.6) is 0 Å². The Morgan fingerprint density at radius 2 is 1.91 bits per heavy atom. The summed E-state index contributed by atoms with van der Waals surface area (Å²) >= 11 is 0. The second kappa shape index (κ2) is 5.00. The average molecular weight is 291 g/mol. The van der Waals surface area contributed by atoms with Crippen LogP contribution in [0, 0.1) is 6.92 Å². The lowest BCUT2D eigenvalue weighted by molar-refractivity contribution is 0.399. The Morgan fingerprint density at radius 1 is 1.05 bits per heavy atom. The molecule has 0 saturated carbocycles. The summed E-state index contributed by atoms with van der Waals surface area (Å²) in [6.45, 7) is 1.86. The van der Waals surface area contributed by atoms with E-state index < -0.39 is 0 Å². The van der Waals surface area contributed by atoms with Crippen LogP contribution in [0.4, 0.5) is 11.6 Å². The largest absolute Gasteiger partial charge is 0.361 e. The van der Waals surface area contributed by atoms with Gasteiger partial charge in [-0.3, -0.25) is 0 Å². The van der Waals surface area contributed by atoms with Crippen molar-refractivity contribution >= 4 is 17.3 Å². The zero-order chi connectivity index (χ0) is 14.9. The van der Waals surface area contributed by atoms with Crippen LogP contribution < -0.4 is 5.32 Å². The van der Waals surface area contributed by atoms with E-state index in [-0.39, 0.29) is 0 Å². The highest BCUT2D eigenvalue weighted by Crippen LogP contribution is 2.21. The summed E-state index contributed by atoms with van der Waals surface area (Å²) in [4.78, 5) is 4.48. The molecule has 0 saturated heterocycles. The number of pyridine rings is 1. The first kappa shape index (κ1) is 12.6. The summed E-state index contributed by atoms with van der Waals surface area (Å²) in [7, 11) is 0. The van der Waals surface area contributed by atoms with Crippen molar-refractivity contribution in [3.05, 3.63) is 60.4 Å². The monoisotopic (exact) mass is 291 g/mol. The topological polar surface area (TPSA) is 68.2 Å². The molecule has 3 aromatic heterocycles. The fourth-order valence-electron chi connectivity index (χ4n) is 2.29. The van der Waals surface area contributed by atoms with Crippen LogP contribution in [0.2, 0.25) is 0 Å². The zero-order valence-electron chi connectivity index (χ0n) is 11.9. The van der Waals surface area contributed by atoms with Gasteiger partial charge in [-0.05, 0) is 31.2 Å². The number of anilines is 2. The van der Waals surface area contributed by atoms with E-state index in [0.717, 1.165) is 28.5 Å². The molecule has 0 unspecified atom stereocenters. The predicted molar refractivity (Wildman–Crippen MR) is 82.9 cm³/mol. The minimum Gasteiger partial charge on any atom is -0.361 e. The molecule has 0 aliphatic heterocycles. The molecule has 108 valence electrons. The van der Waals surface area contributed by atoms with Gasteiger partial charge in [-0.2, -0.15) is 4.98 Å². The van der Waals surface area contributed by atoms with Crippen molar-refractivity contribution in [2.24, 2.45) is 0 Å². The van der Waals surface area contributed by atoms with Gasteiger partial charge in [-0.25, -0.2) is 4.52 Å². The first-order chi connectivity index (χ1) is 10.8. The Morgan fingerprint density at radius 3 is 2.68 bits per heavy atom. The van der Waals surface area contributed by atoms with Gasteiger partial charge in [0.05, 0.1) is 5.69 Å². The van der Waals surface area contributed by atoms with Crippen molar-refractivity contribution in [1.29, 1.82) is 0 Å². The van der Waals surface area contributed by atoms with E-state index >= 15 is 0 Å². The number of fused-ring (bicyclic) bond motifs is 1. The smallest absolute Gasteiger partial charge is 0.247 e. The van der Waals surface area contributed by atoms with Crippen molar-refractivity contribution in [2.45, 2.75) is 6.92 Å². The van der Waals surface area contributed by atoms with E-state index in [1.165, 1.54) is 0 Å². The molecule has 0 atom stereocenters. The molecule has 0 spiro atoms. The number of hydrogen-bond donors (Lipinski definition) is 1. The summed E-state index contributed by atoms with van der Waals surface area (Å²) in [5.74, 6) is 1.30. The van der Waals surface area contributed by atoms with Crippen molar-refractivity contribution < 1.29 is 4.52 Å². The number of nitrogens with one attached hydrogen (secondary N) is 1. The van der Waals surface area contributed by atoms with Crippen LogP contribution in [0.15, 0.2) is 59.1 Å². The summed E-state index contributed by atoms with van der Waals surface area (Å²) in [5.41, 5.74) is 3.26. The molecule has 0 bridgehead atoms. The molecule has 0 radical (unpaired) electrons. The number of rotatable bonds is 3. The van der Waals surface area contributed by atoms with E-state index in [2.05, 4.69) is 20.6 Å². The van der Waals surface area contributed by atoms with Gasteiger partial charge >= 0.3 is 0 Å². The Balaban J connectivity index is 1.78. The molecule has 6 nitrogen and oxygen atoms in total. The number of aromatic nitrogens is 4. The third-order valence-corrected chi connectivity index (χ3v) is 3.28. The molecule has 4 aromatic rings. The molecule has 0 amide bonds. The molecule has 0 fully saturated rings. The molecule has 0 aliphatic carbocycles. The van der Waals surface area contributed by atoms with E-state index in [0.29, 0.717) is 5.95 Å². The van der Waals surface area contributed by atoms with E-state index in [4.69, 9.17) is 4.52 Å². The van der Waals surface area contributed by atoms with Gasteiger partial charge in [0.15, 0.2) is 5.65 Å². The first-order valence-corrected chi connectivity index (χ1v) is 6.91. The first-order valence-electron chi connectivity index (χ1n) is 6.91. The van der Waals surface area contributed by atoms with Gasteiger partial charge in [-0.1, -0.05) is 29.4 Å². The van der Waals surface area contributed by atoms with E-state index in [1.54, 1.807) is 4.52 Å². The molecular weight excluding hydrogens is 278 g/mol. The maximum atomic E-state index is 5.14. The van der Waals surface area contributed by atoms with Crippen molar-refractivity contribution in [1.82, 2.24) is 19.8 Å². The molecule has 1 aromatic carbocycles. The Bertz CT molecular complexity index is 926. The maximum absolute atomic E-state index is 5.14. The van der Waals surface area contributed by atoms with Crippen LogP contribution in [-0.2, 0) is 0 Å². The van der Waals surface area contributed by atoms with Gasteiger partial charge < -0.3 is 9.84 Å². The summed E-state index contributed by atoms with van der Waals surface area (Å²) in [6, 6.07) is 17.5. The molecule has 4 rings (SSSR count). The molecule has 1 N–H and O–H groups in total. The second-order valence-corrected chi connectivity index (χ2v) is 4.93. The molecule has 22 heavy (non-hydrogen) atoms. The molecule has 3 heterocycles. The predicted octanol–water partition coefficient (Wildman–Crippen LogP) is 3.44. The minimum atomic E-state index is 0.541. The third kappa shape index (κ3) is 2.20. The lowest BCUT2D eigenvalue weighted by atomic mass is 10.2. The lowest BCUT2D eigenvalue weighted by Gasteiger charge is -2.00. The number of para-hydroxylation sites is 1. The Labute approximate surface area is 126 Å². The van der Waals surface area contributed by atoms with Crippen LogP contribution in [0.1, 0.15) is 5.76 Å². The van der Waals surface area contributed by atoms with Gasteiger partial charge in [-0.15, -0.1) is 5.10 Å². The third-order valence-electron chi connectivity index (χ3n) is 3.28. The fraction of sp³-hybridized carbons (Fsp3) is 0.0625. The Hall–Kier alpha value is -3.15. The van der Waals surface area contributed by atoms with Crippen LogP contribution in [0.3, 0.4) is 0 Å². The second-order valence-electron chi connectivity index (χ2n) is 4.93. The highest BCUT2D eigenvalue weighted by molar-refractivity contribution is 5.61. The fourth-order valence-corrected chi connectivity index (χ4v) is 2.29. The quantitative estimate of drug-likeness (QED) is 0.626. The van der Waals surface area contributed by atoms with Gasteiger partial charge in [0.2, 0.25) is 5.95 Å². The zero-order valence-corrected chi connectivity index (χ0v) is 11.9. The SMILES string of the molecule is Cc1cc(-c2cccc3nc(Nc4ccccc4)nn23)no1. The molecule has 0 aliphatic rings. The van der Waals surface area contributed by atoms with Gasteiger partial charge in [0.1, 0.15) is 11.5 Å². The normalized spacial score (nSPS) is 11.0. The highest BCUT2D eigenvalue weighted by Gasteiger charge is 2.11. The molecular formula is C16H13N5O. The standard InChI is InChI=1S/C16H13N5O/c1-11-10-13(20-22-11)14-8-5-9-15-18-16(19-21(14)15)17-12-6-3-2-4-7-12/h2-10H,1H3,(H,17,19). The van der Waals surface area contributed by atoms with E-state index in [1.807, 2.05) is 61.5 Å². The van der Waals surface area contributed by atoms with Gasteiger partial charge in [0, 0.05) is 11.8 Å². The Kier molecular flexibility index (Phi) is 2.86. The van der Waals surface area contributed by atoms with Gasteiger partial charge in [0.25, 0.3) is 0 Å². The van der Waals surface area contributed by atoms with Crippen LogP contribution >= 0.6 is 0 Å². The van der Waals surface area contributed by atoms with Crippen molar-refractivity contribution in [3.8, 4) is 11.4 Å². The summed E-state index contributed by atoms with van der Waals surface area (Å²) in [6.07, 6.45) is 0. The highest BCUT2D eigenvalue weighted by atomic mass is 16.5. The summed E-state index contributed by atoms with van der Waals surface area (Å²) in [5, 5.41) is 11.7. The molecule has 6 heteroatoms. The number of hydrogen-bond acceptors (Lipinski definition) is 5.